The Morgan fingerprint density at radius 1 is 0.743 bits per heavy atom. The van der Waals surface area contributed by atoms with Crippen LogP contribution in [0.15, 0.2) is 78.9 Å². The number of halogens is 4. The Morgan fingerprint density at radius 3 is 1.69 bits per heavy atom. The minimum absolute atomic E-state index is 0.0259. The molecule has 0 unspecified atom stereocenters. The van der Waals surface area contributed by atoms with Gasteiger partial charge in [-0.3, -0.25) is 4.79 Å². The highest BCUT2D eigenvalue weighted by atomic mass is 35.5. The minimum atomic E-state index is -0.325. The second kappa shape index (κ2) is 11.3. The zero-order valence-electron chi connectivity index (χ0n) is 18.2. The summed E-state index contributed by atoms with van der Waals surface area (Å²) in [4.78, 5) is 13.3. The Bertz CT molecular complexity index is 1260. The second-order valence-corrected chi connectivity index (χ2v) is 9.35. The van der Waals surface area contributed by atoms with E-state index in [0.29, 0.717) is 59.3 Å². The van der Waals surface area contributed by atoms with Gasteiger partial charge < -0.3 is 15.2 Å². The molecule has 178 valence electrons. The standard InChI is InChI=1S/C27H19Cl4NO3/c28-19-8-16(9-20(29)14-19)24-12-18(27(34)32-23-4-2-1-3-5-23)13-25(26(24)35-7-6-33)17-10-21(30)15-22(31)11-17/h1-5,8-15,33H,6-7H2,(H,32,34). The number of para-hydroxylation sites is 1. The fourth-order valence-electron chi connectivity index (χ4n) is 3.64. The first-order chi connectivity index (χ1) is 16.8. The van der Waals surface area contributed by atoms with Gasteiger partial charge in [-0.25, -0.2) is 0 Å². The van der Waals surface area contributed by atoms with Crippen molar-refractivity contribution in [3.05, 3.63) is 105 Å². The molecule has 0 aromatic heterocycles. The normalized spacial score (nSPS) is 10.8. The lowest BCUT2D eigenvalue weighted by atomic mass is 9.94. The molecular formula is C27H19Cl4NO3. The highest BCUT2D eigenvalue weighted by Crippen LogP contribution is 2.43. The third-order valence-electron chi connectivity index (χ3n) is 5.07. The van der Waals surface area contributed by atoms with Crippen LogP contribution in [0, 0.1) is 0 Å². The van der Waals surface area contributed by atoms with E-state index in [1.807, 2.05) is 18.2 Å². The van der Waals surface area contributed by atoms with E-state index in [-0.39, 0.29) is 19.1 Å². The summed E-state index contributed by atoms with van der Waals surface area (Å²) in [6.45, 7) is -0.181. The summed E-state index contributed by atoms with van der Waals surface area (Å²) in [5.41, 5.74) is 3.42. The van der Waals surface area contributed by atoms with Gasteiger partial charge in [-0.05, 0) is 71.8 Å². The lowest BCUT2D eigenvalue weighted by molar-refractivity contribution is 0.102. The number of carbonyl (C=O) groups excluding carboxylic acids is 1. The summed E-state index contributed by atoms with van der Waals surface area (Å²) in [6.07, 6.45) is 0. The van der Waals surface area contributed by atoms with E-state index >= 15 is 0 Å². The van der Waals surface area contributed by atoms with Crippen LogP contribution in [0.4, 0.5) is 5.69 Å². The summed E-state index contributed by atoms with van der Waals surface area (Å²) in [7, 11) is 0. The summed E-state index contributed by atoms with van der Waals surface area (Å²) >= 11 is 25.1. The topological polar surface area (TPSA) is 58.6 Å². The summed E-state index contributed by atoms with van der Waals surface area (Å²) in [5.74, 6) is 0.0978. The fourth-order valence-corrected chi connectivity index (χ4v) is 4.69. The molecule has 8 heteroatoms. The fraction of sp³-hybridized carbons (Fsp3) is 0.0741. The van der Waals surface area contributed by atoms with Crippen molar-refractivity contribution in [1.29, 1.82) is 0 Å². The number of aliphatic hydroxyl groups excluding tert-OH is 1. The van der Waals surface area contributed by atoms with Gasteiger partial charge in [0.25, 0.3) is 5.91 Å². The first kappa shape index (κ1) is 25.4. The van der Waals surface area contributed by atoms with Crippen molar-refractivity contribution in [3.8, 4) is 28.0 Å². The number of ether oxygens (including phenoxy) is 1. The van der Waals surface area contributed by atoms with Crippen LogP contribution < -0.4 is 10.1 Å². The van der Waals surface area contributed by atoms with E-state index in [0.717, 1.165) is 0 Å². The van der Waals surface area contributed by atoms with Crippen molar-refractivity contribution >= 4 is 58.0 Å². The lowest BCUT2D eigenvalue weighted by Gasteiger charge is -2.19. The molecule has 0 aliphatic heterocycles. The Kier molecular flexibility index (Phi) is 8.22. The number of aliphatic hydroxyl groups is 1. The van der Waals surface area contributed by atoms with E-state index < -0.39 is 0 Å². The van der Waals surface area contributed by atoms with Gasteiger partial charge in [0.15, 0.2) is 0 Å². The molecule has 0 aliphatic carbocycles. The molecule has 4 nitrogen and oxygen atoms in total. The Hall–Kier alpha value is -2.73. The minimum Gasteiger partial charge on any atom is -0.490 e. The molecule has 0 radical (unpaired) electrons. The molecule has 0 heterocycles. The zero-order chi connectivity index (χ0) is 24.9. The molecule has 35 heavy (non-hydrogen) atoms. The van der Waals surface area contributed by atoms with Gasteiger partial charge in [-0.1, -0.05) is 64.6 Å². The summed E-state index contributed by atoms with van der Waals surface area (Å²) < 4.78 is 5.98. The molecule has 0 spiro atoms. The summed E-state index contributed by atoms with van der Waals surface area (Å²) in [5, 5.41) is 14.1. The molecule has 4 aromatic carbocycles. The van der Waals surface area contributed by atoms with Crippen molar-refractivity contribution < 1.29 is 14.6 Å². The molecular weight excluding hydrogens is 528 g/mol. The van der Waals surface area contributed by atoms with E-state index in [2.05, 4.69) is 5.32 Å². The number of amides is 1. The molecule has 0 fully saturated rings. The molecule has 4 aromatic rings. The molecule has 1 amide bonds. The number of hydrogen-bond acceptors (Lipinski definition) is 3. The van der Waals surface area contributed by atoms with Crippen LogP contribution in [0.2, 0.25) is 20.1 Å². The number of carbonyl (C=O) groups is 1. The largest absolute Gasteiger partial charge is 0.490 e. The van der Waals surface area contributed by atoms with Crippen molar-refractivity contribution in [1.82, 2.24) is 0 Å². The third kappa shape index (κ3) is 6.29. The van der Waals surface area contributed by atoms with Gasteiger partial charge >= 0.3 is 0 Å². The van der Waals surface area contributed by atoms with Gasteiger partial charge in [0.2, 0.25) is 0 Å². The predicted octanol–water partition coefficient (Wildman–Crippen LogP) is 8.26. The van der Waals surface area contributed by atoms with Crippen LogP contribution in [0.1, 0.15) is 10.4 Å². The maximum atomic E-state index is 13.3. The van der Waals surface area contributed by atoms with E-state index in [1.165, 1.54) is 0 Å². The number of nitrogens with one attached hydrogen (secondary N) is 1. The van der Waals surface area contributed by atoms with Gasteiger partial charge in [-0.15, -0.1) is 0 Å². The van der Waals surface area contributed by atoms with Crippen LogP contribution in [-0.4, -0.2) is 24.2 Å². The van der Waals surface area contributed by atoms with Crippen molar-refractivity contribution in [2.75, 3.05) is 18.5 Å². The molecule has 0 saturated carbocycles. The van der Waals surface area contributed by atoms with Crippen molar-refractivity contribution in [2.24, 2.45) is 0 Å². The second-order valence-electron chi connectivity index (χ2n) is 7.61. The average molecular weight is 547 g/mol. The molecule has 0 saturated heterocycles. The molecule has 2 N–H and O–H groups in total. The zero-order valence-corrected chi connectivity index (χ0v) is 21.2. The van der Waals surface area contributed by atoms with Gasteiger partial charge in [0.05, 0.1) is 6.61 Å². The molecule has 4 rings (SSSR count). The number of benzene rings is 4. The van der Waals surface area contributed by atoms with E-state index in [4.69, 9.17) is 51.1 Å². The van der Waals surface area contributed by atoms with Gasteiger partial charge in [0, 0.05) is 42.5 Å². The average Bonchev–Trinajstić information content (AvgIpc) is 2.81. The molecule has 0 aliphatic rings. The first-order valence-electron chi connectivity index (χ1n) is 10.5. The van der Waals surface area contributed by atoms with E-state index in [9.17, 15) is 9.90 Å². The lowest BCUT2D eigenvalue weighted by Crippen LogP contribution is -2.13. The van der Waals surface area contributed by atoms with E-state index in [1.54, 1.807) is 60.7 Å². The maximum Gasteiger partial charge on any atom is 0.255 e. The highest BCUT2D eigenvalue weighted by Gasteiger charge is 2.20. The Morgan fingerprint density at radius 2 is 1.23 bits per heavy atom. The van der Waals surface area contributed by atoms with Crippen LogP contribution in [-0.2, 0) is 0 Å². The molecule has 0 bridgehead atoms. The van der Waals surface area contributed by atoms with Crippen LogP contribution in [0.3, 0.4) is 0 Å². The van der Waals surface area contributed by atoms with Crippen LogP contribution in [0.25, 0.3) is 22.3 Å². The van der Waals surface area contributed by atoms with Gasteiger partial charge in [0.1, 0.15) is 12.4 Å². The van der Waals surface area contributed by atoms with Crippen LogP contribution >= 0.6 is 46.4 Å². The van der Waals surface area contributed by atoms with Crippen molar-refractivity contribution in [2.45, 2.75) is 0 Å². The maximum absolute atomic E-state index is 13.3. The van der Waals surface area contributed by atoms with Crippen LogP contribution in [0.5, 0.6) is 5.75 Å². The third-order valence-corrected chi connectivity index (χ3v) is 5.94. The molecule has 0 atom stereocenters. The van der Waals surface area contributed by atoms with Crippen molar-refractivity contribution in [3.63, 3.8) is 0 Å². The highest BCUT2D eigenvalue weighted by molar-refractivity contribution is 6.35. The number of anilines is 1. The SMILES string of the molecule is O=C(Nc1ccccc1)c1cc(-c2cc(Cl)cc(Cl)c2)c(OCCO)c(-c2cc(Cl)cc(Cl)c2)c1. The summed E-state index contributed by atoms with van der Waals surface area (Å²) in [6, 6.07) is 22.7. The quantitative estimate of drug-likeness (QED) is 0.245. The van der Waals surface area contributed by atoms with Gasteiger partial charge in [-0.2, -0.15) is 0 Å². The monoisotopic (exact) mass is 545 g/mol. The predicted molar refractivity (Wildman–Crippen MR) is 144 cm³/mol. The smallest absolute Gasteiger partial charge is 0.255 e. The Labute approximate surface area is 223 Å². The number of rotatable bonds is 7. The Balaban J connectivity index is 1.96. The number of hydrogen-bond donors (Lipinski definition) is 2. The first-order valence-corrected chi connectivity index (χ1v) is 12.1.